The molecule has 0 unspecified atom stereocenters. The number of benzene rings is 1. The smallest absolute Gasteiger partial charge is 0.193 e. The monoisotopic (exact) mass is 398 g/mol. The standard InChI is InChI=1S/C21H30N6S/c1-22-20(26-15-13-25(14-16-26)19-7-3-2-4-8-19)23-10-9-18-17-28-21(24-18)27-11-5-6-12-27/h2-4,7-8,17H,5-6,9-16H2,1H3,(H,22,23). The first-order valence-electron chi connectivity index (χ1n) is 10.3. The molecule has 1 N–H and O–H groups in total. The van der Waals surface area contributed by atoms with Crippen molar-refractivity contribution in [3.63, 3.8) is 0 Å². The number of aromatic nitrogens is 1. The van der Waals surface area contributed by atoms with E-state index >= 15 is 0 Å². The maximum absolute atomic E-state index is 4.82. The number of piperazine rings is 1. The molecule has 6 nitrogen and oxygen atoms in total. The van der Waals surface area contributed by atoms with Crippen molar-refractivity contribution in [2.45, 2.75) is 19.3 Å². The highest BCUT2D eigenvalue weighted by Gasteiger charge is 2.20. The number of hydrogen-bond acceptors (Lipinski definition) is 5. The van der Waals surface area contributed by atoms with E-state index in [1.54, 1.807) is 11.3 Å². The number of hydrogen-bond donors (Lipinski definition) is 1. The molecular weight excluding hydrogens is 368 g/mol. The van der Waals surface area contributed by atoms with Crippen molar-refractivity contribution in [1.82, 2.24) is 15.2 Å². The number of thiazole rings is 1. The van der Waals surface area contributed by atoms with Gasteiger partial charge in [-0.05, 0) is 25.0 Å². The Kier molecular flexibility index (Phi) is 6.31. The Labute approximate surface area is 171 Å². The number of para-hydroxylation sites is 1. The molecule has 7 heteroatoms. The molecule has 1 aromatic heterocycles. The number of aliphatic imine (C=N–C) groups is 1. The van der Waals surface area contributed by atoms with Gasteiger partial charge in [-0.25, -0.2) is 4.98 Å². The normalized spacial score (nSPS) is 18.0. The van der Waals surface area contributed by atoms with E-state index in [9.17, 15) is 0 Å². The molecule has 0 bridgehead atoms. The van der Waals surface area contributed by atoms with Crippen molar-refractivity contribution in [2.24, 2.45) is 4.99 Å². The molecule has 150 valence electrons. The van der Waals surface area contributed by atoms with Crippen LogP contribution in [0.3, 0.4) is 0 Å². The first-order valence-corrected chi connectivity index (χ1v) is 11.2. The topological polar surface area (TPSA) is 47.0 Å². The summed E-state index contributed by atoms with van der Waals surface area (Å²) in [6.07, 6.45) is 3.53. The zero-order valence-electron chi connectivity index (χ0n) is 16.7. The van der Waals surface area contributed by atoms with Crippen LogP contribution < -0.4 is 15.1 Å². The van der Waals surface area contributed by atoms with E-state index in [-0.39, 0.29) is 0 Å². The fourth-order valence-corrected chi connectivity index (χ4v) is 4.83. The van der Waals surface area contributed by atoms with Crippen LogP contribution in [0.4, 0.5) is 10.8 Å². The number of nitrogens with one attached hydrogen (secondary N) is 1. The molecule has 0 aliphatic carbocycles. The molecule has 3 heterocycles. The summed E-state index contributed by atoms with van der Waals surface area (Å²) >= 11 is 1.78. The van der Waals surface area contributed by atoms with E-state index in [1.807, 2.05) is 7.05 Å². The van der Waals surface area contributed by atoms with E-state index in [4.69, 9.17) is 4.98 Å². The van der Waals surface area contributed by atoms with Crippen molar-refractivity contribution in [1.29, 1.82) is 0 Å². The molecule has 0 amide bonds. The number of rotatable bonds is 5. The minimum atomic E-state index is 0.870. The number of guanidine groups is 1. The van der Waals surface area contributed by atoms with Crippen LogP contribution >= 0.6 is 11.3 Å². The Morgan fingerprint density at radius 1 is 1.04 bits per heavy atom. The summed E-state index contributed by atoms with van der Waals surface area (Å²) in [5.41, 5.74) is 2.49. The van der Waals surface area contributed by atoms with E-state index in [2.05, 4.69) is 60.7 Å². The van der Waals surface area contributed by atoms with Gasteiger partial charge in [-0.3, -0.25) is 4.99 Å². The van der Waals surface area contributed by atoms with E-state index in [1.165, 1.54) is 29.4 Å². The van der Waals surface area contributed by atoms with Gasteiger partial charge in [-0.2, -0.15) is 0 Å². The van der Waals surface area contributed by atoms with Gasteiger partial charge in [-0.15, -0.1) is 11.3 Å². The lowest BCUT2D eigenvalue weighted by Gasteiger charge is -2.37. The van der Waals surface area contributed by atoms with Gasteiger partial charge in [0.1, 0.15) is 0 Å². The van der Waals surface area contributed by atoms with E-state index in [0.717, 1.165) is 58.2 Å². The summed E-state index contributed by atoms with van der Waals surface area (Å²) in [7, 11) is 1.88. The van der Waals surface area contributed by atoms with E-state index < -0.39 is 0 Å². The highest BCUT2D eigenvalue weighted by molar-refractivity contribution is 7.13. The van der Waals surface area contributed by atoms with Crippen LogP contribution in [0.5, 0.6) is 0 Å². The van der Waals surface area contributed by atoms with Crippen LogP contribution in [0.15, 0.2) is 40.7 Å². The zero-order chi connectivity index (χ0) is 19.2. The lowest BCUT2D eigenvalue weighted by atomic mass is 10.2. The quantitative estimate of drug-likeness (QED) is 0.620. The second kappa shape index (κ2) is 9.28. The maximum atomic E-state index is 4.82. The maximum Gasteiger partial charge on any atom is 0.193 e. The van der Waals surface area contributed by atoms with E-state index in [0.29, 0.717) is 0 Å². The third-order valence-corrected chi connectivity index (χ3v) is 6.44. The minimum Gasteiger partial charge on any atom is -0.368 e. The van der Waals surface area contributed by atoms with Crippen molar-refractivity contribution in [2.75, 3.05) is 62.7 Å². The molecule has 2 aliphatic heterocycles. The Bertz CT molecular complexity index is 760. The SMILES string of the molecule is CN=C(NCCc1csc(N2CCCC2)n1)N1CCN(c2ccccc2)CC1. The van der Waals surface area contributed by atoms with Crippen molar-refractivity contribution in [3.05, 3.63) is 41.4 Å². The van der Waals surface area contributed by atoms with Gasteiger partial charge in [0.2, 0.25) is 0 Å². The molecule has 4 rings (SSSR count). The predicted octanol–water partition coefficient (Wildman–Crippen LogP) is 2.68. The van der Waals surface area contributed by atoms with Gasteiger partial charge >= 0.3 is 0 Å². The summed E-state index contributed by atoms with van der Waals surface area (Å²) in [6, 6.07) is 10.7. The Hall–Kier alpha value is -2.28. The molecular formula is C21H30N6S. The zero-order valence-corrected chi connectivity index (χ0v) is 17.5. The van der Waals surface area contributed by atoms with Crippen LogP contribution in [0.25, 0.3) is 0 Å². The van der Waals surface area contributed by atoms with Crippen molar-refractivity contribution >= 4 is 28.1 Å². The predicted molar refractivity (Wildman–Crippen MR) is 119 cm³/mol. The summed E-state index contributed by atoms with van der Waals surface area (Å²) < 4.78 is 0. The molecule has 0 saturated carbocycles. The lowest BCUT2D eigenvalue weighted by molar-refractivity contribution is 0.373. The van der Waals surface area contributed by atoms with Crippen LogP contribution in [-0.4, -0.2) is 68.7 Å². The van der Waals surface area contributed by atoms with Crippen molar-refractivity contribution < 1.29 is 0 Å². The average molecular weight is 399 g/mol. The van der Waals surface area contributed by atoms with Crippen LogP contribution in [0, 0.1) is 0 Å². The lowest BCUT2D eigenvalue weighted by Crippen LogP contribution is -2.52. The van der Waals surface area contributed by atoms with Crippen LogP contribution in [-0.2, 0) is 6.42 Å². The molecule has 2 aliphatic rings. The second-order valence-corrected chi connectivity index (χ2v) is 8.19. The molecule has 0 spiro atoms. The summed E-state index contributed by atoms with van der Waals surface area (Å²) in [6.45, 7) is 7.22. The Balaban J connectivity index is 1.23. The average Bonchev–Trinajstić information content (AvgIpc) is 3.44. The fraction of sp³-hybridized carbons (Fsp3) is 0.524. The summed E-state index contributed by atoms with van der Waals surface area (Å²) in [5, 5.41) is 6.92. The highest BCUT2D eigenvalue weighted by atomic mass is 32.1. The van der Waals surface area contributed by atoms with Crippen LogP contribution in [0.1, 0.15) is 18.5 Å². The van der Waals surface area contributed by atoms with Gasteiger partial charge in [0.25, 0.3) is 0 Å². The first-order chi connectivity index (χ1) is 13.8. The molecule has 28 heavy (non-hydrogen) atoms. The molecule has 1 aromatic carbocycles. The summed E-state index contributed by atoms with van der Waals surface area (Å²) in [5.74, 6) is 1.00. The first kappa shape index (κ1) is 19.1. The van der Waals surface area contributed by atoms with Crippen molar-refractivity contribution in [3.8, 4) is 0 Å². The Morgan fingerprint density at radius 2 is 1.79 bits per heavy atom. The van der Waals surface area contributed by atoms with Gasteiger partial charge in [0.15, 0.2) is 11.1 Å². The third kappa shape index (κ3) is 4.58. The molecule has 0 radical (unpaired) electrons. The minimum absolute atomic E-state index is 0.870. The van der Waals surface area contributed by atoms with Crippen LogP contribution in [0.2, 0.25) is 0 Å². The fourth-order valence-electron chi connectivity index (χ4n) is 3.91. The van der Waals surface area contributed by atoms with Gasteiger partial charge in [-0.1, -0.05) is 18.2 Å². The second-order valence-electron chi connectivity index (χ2n) is 7.35. The largest absolute Gasteiger partial charge is 0.368 e. The highest BCUT2D eigenvalue weighted by Crippen LogP contribution is 2.24. The Morgan fingerprint density at radius 3 is 2.50 bits per heavy atom. The number of anilines is 2. The molecule has 0 atom stereocenters. The molecule has 2 saturated heterocycles. The molecule has 2 fully saturated rings. The van der Waals surface area contributed by atoms with Gasteiger partial charge in [0.05, 0.1) is 5.69 Å². The van der Waals surface area contributed by atoms with Gasteiger partial charge < -0.3 is 20.0 Å². The van der Waals surface area contributed by atoms with Gasteiger partial charge in [0, 0.05) is 70.3 Å². The third-order valence-electron chi connectivity index (χ3n) is 5.49. The number of nitrogens with zero attached hydrogens (tertiary/aromatic N) is 5. The molecule has 2 aromatic rings. The summed E-state index contributed by atoms with van der Waals surface area (Å²) in [4.78, 5) is 16.5.